The van der Waals surface area contributed by atoms with Crippen LogP contribution in [0.1, 0.15) is 24.5 Å². The Balaban J connectivity index is 1.68. The summed E-state index contributed by atoms with van der Waals surface area (Å²) in [5.74, 6) is 0. The molecule has 1 aliphatic rings. The molecule has 1 aromatic rings. The van der Waals surface area contributed by atoms with E-state index in [1.165, 1.54) is 12.8 Å². The number of aliphatic hydroxyl groups excluding tert-OH is 1. The summed E-state index contributed by atoms with van der Waals surface area (Å²) in [6, 6.07) is 8.23. The maximum absolute atomic E-state index is 10.0. The van der Waals surface area contributed by atoms with Crippen LogP contribution in [0.15, 0.2) is 24.3 Å². The van der Waals surface area contributed by atoms with Crippen molar-refractivity contribution in [2.45, 2.75) is 25.0 Å². The van der Waals surface area contributed by atoms with Crippen molar-refractivity contribution in [1.29, 1.82) is 0 Å². The van der Waals surface area contributed by atoms with Gasteiger partial charge in [0.15, 0.2) is 0 Å². The molecule has 18 heavy (non-hydrogen) atoms. The number of nitrogens with one attached hydrogen (secondary N) is 1. The van der Waals surface area contributed by atoms with Crippen LogP contribution in [0.3, 0.4) is 0 Å². The van der Waals surface area contributed by atoms with E-state index in [0.29, 0.717) is 11.6 Å². The van der Waals surface area contributed by atoms with Crippen LogP contribution in [-0.4, -0.2) is 42.7 Å². The maximum Gasteiger partial charge on any atom is 0.0928 e. The predicted octanol–water partition coefficient (Wildman–Crippen LogP) is 2.06. The van der Waals surface area contributed by atoms with E-state index in [0.717, 1.165) is 24.7 Å². The number of aliphatic hydroxyl groups is 1. The Labute approximate surface area is 114 Å². The normalized spacial score (nSPS) is 17.1. The van der Waals surface area contributed by atoms with Crippen LogP contribution in [0.25, 0.3) is 0 Å². The van der Waals surface area contributed by atoms with Gasteiger partial charge in [-0.05, 0) is 26.0 Å². The van der Waals surface area contributed by atoms with Gasteiger partial charge < -0.3 is 15.3 Å². The molecule has 1 unspecified atom stereocenters. The molecule has 0 aromatic heterocycles. The summed E-state index contributed by atoms with van der Waals surface area (Å²) in [6.07, 6.45) is 2.13. The molecule has 2 rings (SSSR count). The molecule has 1 aliphatic carbocycles. The molecule has 0 bridgehead atoms. The quantitative estimate of drug-likeness (QED) is 0.743. The summed E-state index contributed by atoms with van der Waals surface area (Å²) in [6.45, 7) is 2.47. The van der Waals surface area contributed by atoms with E-state index in [-0.39, 0.29) is 0 Å². The van der Waals surface area contributed by atoms with E-state index in [4.69, 9.17) is 11.6 Å². The van der Waals surface area contributed by atoms with Crippen molar-refractivity contribution in [3.63, 3.8) is 0 Å². The summed E-state index contributed by atoms with van der Waals surface area (Å²) in [5.41, 5.74) is 0.794. The van der Waals surface area contributed by atoms with E-state index in [1.807, 2.05) is 18.2 Å². The van der Waals surface area contributed by atoms with Crippen molar-refractivity contribution in [2.24, 2.45) is 0 Å². The van der Waals surface area contributed by atoms with Crippen molar-refractivity contribution >= 4 is 11.6 Å². The molecule has 0 amide bonds. The minimum absolute atomic E-state index is 0.537. The molecule has 1 saturated carbocycles. The fraction of sp³-hybridized carbons (Fsp3) is 0.571. The van der Waals surface area contributed by atoms with Gasteiger partial charge in [0.05, 0.1) is 6.10 Å². The van der Waals surface area contributed by atoms with Gasteiger partial charge >= 0.3 is 0 Å². The summed E-state index contributed by atoms with van der Waals surface area (Å²) in [7, 11) is 2.16. The van der Waals surface area contributed by atoms with Crippen LogP contribution >= 0.6 is 11.6 Å². The van der Waals surface area contributed by atoms with E-state index in [2.05, 4.69) is 17.3 Å². The van der Waals surface area contributed by atoms with E-state index < -0.39 is 6.10 Å². The third-order valence-electron chi connectivity index (χ3n) is 3.41. The number of hydrogen-bond donors (Lipinski definition) is 2. The maximum atomic E-state index is 10.0. The highest BCUT2D eigenvalue weighted by molar-refractivity contribution is 6.31. The fourth-order valence-electron chi connectivity index (χ4n) is 2.05. The van der Waals surface area contributed by atoms with Crippen LogP contribution in [0.4, 0.5) is 0 Å². The lowest BCUT2D eigenvalue weighted by molar-refractivity contribution is 0.173. The zero-order valence-electron chi connectivity index (χ0n) is 10.8. The first kappa shape index (κ1) is 13.8. The van der Waals surface area contributed by atoms with Crippen molar-refractivity contribution in [3.05, 3.63) is 34.9 Å². The number of halogens is 1. The molecule has 1 aromatic carbocycles. The molecule has 1 fully saturated rings. The number of nitrogens with zero attached hydrogens (tertiary/aromatic N) is 1. The van der Waals surface area contributed by atoms with Gasteiger partial charge in [-0.2, -0.15) is 0 Å². The summed E-state index contributed by atoms with van der Waals surface area (Å²) in [4.78, 5) is 2.37. The Morgan fingerprint density at radius 2 is 2.17 bits per heavy atom. The first-order chi connectivity index (χ1) is 8.68. The van der Waals surface area contributed by atoms with Crippen LogP contribution in [0.2, 0.25) is 5.02 Å². The standard InChI is InChI=1S/C14H21ClN2O/c1-17(11-6-7-11)9-8-16-10-14(18)12-4-2-3-5-13(12)15/h2-5,11,14,16,18H,6-10H2,1H3. The zero-order chi connectivity index (χ0) is 13.0. The smallest absolute Gasteiger partial charge is 0.0928 e. The highest BCUT2D eigenvalue weighted by atomic mass is 35.5. The lowest BCUT2D eigenvalue weighted by Gasteiger charge is -2.17. The first-order valence-corrected chi connectivity index (χ1v) is 6.89. The van der Waals surface area contributed by atoms with Crippen LogP contribution in [0, 0.1) is 0 Å². The van der Waals surface area contributed by atoms with Gasteiger partial charge in [-0.1, -0.05) is 29.8 Å². The van der Waals surface area contributed by atoms with E-state index >= 15 is 0 Å². The van der Waals surface area contributed by atoms with Crippen LogP contribution < -0.4 is 5.32 Å². The van der Waals surface area contributed by atoms with E-state index in [1.54, 1.807) is 6.07 Å². The molecule has 3 nitrogen and oxygen atoms in total. The minimum atomic E-state index is -0.537. The highest BCUT2D eigenvalue weighted by Gasteiger charge is 2.25. The lowest BCUT2D eigenvalue weighted by Crippen LogP contribution is -2.32. The number of hydrogen-bond acceptors (Lipinski definition) is 3. The number of likely N-dealkylation sites (N-methyl/N-ethyl adjacent to an activating group) is 1. The Kier molecular flexibility index (Phi) is 5.01. The van der Waals surface area contributed by atoms with E-state index in [9.17, 15) is 5.11 Å². The molecule has 4 heteroatoms. The summed E-state index contributed by atoms with van der Waals surface area (Å²) < 4.78 is 0. The number of rotatable bonds is 7. The third-order valence-corrected chi connectivity index (χ3v) is 3.76. The third kappa shape index (κ3) is 3.95. The van der Waals surface area contributed by atoms with Gasteiger partial charge in [-0.15, -0.1) is 0 Å². The molecule has 0 saturated heterocycles. The molecule has 0 heterocycles. The monoisotopic (exact) mass is 268 g/mol. The second-order valence-electron chi connectivity index (χ2n) is 4.95. The van der Waals surface area contributed by atoms with Crippen molar-refractivity contribution in [3.8, 4) is 0 Å². The van der Waals surface area contributed by atoms with Crippen LogP contribution in [-0.2, 0) is 0 Å². The minimum Gasteiger partial charge on any atom is -0.387 e. The largest absolute Gasteiger partial charge is 0.387 e. The Hall–Kier alpha value is -0.610. The Morgan fingerprint density at radius 3 is 2.83 bits per heavy atom. The summed E-state index contributed by atoms with van der Waals surface area (Å²) >= 11 is 6.04. The van der Waals surface area contributed by atoms with Gasteiger partial charge in [0.25, 0.3) is 0 Å². The predicted molar refractivity (Wildman–Crippen MR) is 74.9 cm³/mol. The second kappa shape index (κ2) is 6.53. The Bertz CT molecular complexity index is 382. The molecular formula is C14H21ClN2O. The van der Waals surface area contributed by atoms with Gasteiger partial charge in [0, 0.05) is 36.3 Å². The first-order valence-electron chi connectivity index (χ1n) is 6.52. The van der Waals surface area contributed by atoms with Gasteiger partial charge in [0.2, 0.25) is 0 Å². The van der Waals surface area contributed by atoms with Crippen molar-refractivity contribution in [1.82, 2.24) is 10.2 Å². The topological polar surface area (TPSA) is 35.5 Å². The number of benzene rings is 1. The molecular weight excluding hydrogens is 248 g/mol. The summed E-state index contributed by atoms with van der Waals surface area (Å²) in [5, 5.41) is 13.9. The molecule has 0 spiro atoms. The molecule has 0 radical (unpaired) electrons. The zero-order valence-corrected chi connectivity index (χ0v) is 11.5. The fourth-order valence-corrected chi connectivity index (χ4v) is 2.31. The van der Waals surface area contributed by atoms with Gasteiger partial charge in [-0.25, -0.2) is 0 Å². The highest BCUT2D eigenvalue weighted by Crippen LogP contribution is 2.24. The molecule has 2 N–H and O–H groups in total. The second-order valence-corrected chi connectivity index (χ2v) is 5.36. The average Bonchev–Trinajstić information content (AvgIpc) is 3.19. The van der Waals surface area contributed by atoms with Crippen LogP contribution in [0.5, 0.6) is 0 Å². The van der Waals surface area contributed by atoms with Gasteiger partial charge in [-0.3, -0.25) is 0 Å². The molecule has 1 atom stereocenters. The molecule has 0 aliphatic heterocycles. The van der Waals surface area contributed by atoms with Crippen molar-refractivity contribution < 1.29 is 5.11 Å². The lowest BCUT2D eigenvalue weighted by atomic mass is 10.1. The van der Waals surface area contributed by atoms with Crippen molar-refractivity contribution in [2.75, 3.05) is 26.7 Å². The molecule has 100 valence electrons. The SMILES string of the molecule is CN(CCNCC(O)c1ccccc1Cl)C1CC1. The van der Waals surface area contributed by atoms with Gasteiger partial charge in [0.1, 0.15) is 0 Å². The average molecular weight is 269 g/mol. The Morgan fingerprint density at radius 1 is 1.44 bits per heavy atom.